The zero-order valence-corrected chi connectivity index (χ0v) is 8.66. The molecule has 0 saturated heterocycles. The summed E-state index contributed by atoms with van der Waals surface area (Å²) in [6.45, 7) is 0. The fourth-order valence-corrected chi connectivity index (χ4v) is 1.60. The molecule has 0 aliphatic carbocycles. The SMILES string of the molecule is O=c1[nH]cnn2cc(-c3ccc(O)cc3)nc12. The van der Waals surface area contributed by atoms with Crippen LogP contribution in [-0.2, 0) is 0 Å². The first-order chi connectivity index (χ1) is 8.24. The molecule has 6 nitrogen and oxygen atoms in total. The van der Waals surface area contributed by atoms with E-state index in [4.69, 9.17) is 0 Å². The molecule has 2 aromatic heterocycles. The number of hydrogen-bond acceptors (Lipinski definition) is 4. The molecule has 0 radical (unpaired) electrons. The standard InChI is InChI=1S/C11H8N4O2/c16-8-3-1-7(2-4-8)9-5-15-10(14-9)11(17)12-6-13-15/h1-6,16H,(H,12,13,17). The zero-order chi connectivity index (χ0) is 11.8. The Morgan fingerprint density at radius 3 is 2.71 bits per heavy atom. The van der Waals surface area contributed by atoms with Crippen molar-refractivity contribution in [3.63, 3.8) is 0 Å². The highest BCUT2D eigenvalue weighted by Crippen LogP contribution is 2.20. The molecule has 0 spiro atoms. The van der Waals surface area contributed by atoms with E-state index in [2.05, 4.69) is 15.1 Å². The van der Waals surface area contributed by atoms with Crippen molar-refractivity contribution in [1.29, 1.82) is 0 Å². The maximum Gasteiger partial charge on any atom is 0.294 e. The summed E-state index contributed by atoms with van der Waals surface area (Å²) in [6.07, 6.45) is 2.98. The number of nitrogens with one attached hydrogen (secondary N) is 1. The maximum atomic E-state index is 11.5. The molecule has 2 heterocycles. The topological polar surface area (TPSA) is 83.3 Å². The molecule has 0 aliphatic heterocycles. The molecule has 0 unspecified atom stereocenters. The van der Waals surface area contributed by atoms with Crippen molar-refractivity contribution in [1.82, 2.24) is 19.6 Å². The largest absolute Gasteiger partial charge is 0.508 e. The van der Waals surface area contributed by atoms with Gasteiger partial charge in [-0.1, -0.05) is 0 Å². The van der Waals surface area contributed by atoms with E-state index >= 15 is 0 Å². The van der Waals surface area contributed by atoms with Gasteiger partial charge in [0.25, 0.3) is 5.56 Å². The van der Waals surface area contributed by atoms with Crippen molar-refractivity contribution in [2.75, 3.05) is 0 Å². The van der Waals surface area contributed by atoms with Crippen molar-refractivity contribution in [2.45, 2.75) is 0 Å². The second-order valence-electron chi connectivity index (χ2n) is 3.56. The quantitative estimate of drug-likeness (QED) is 0.645. The predicted octanol–water partition coefficient (Wildman–Crippen LogP) is 0.790. The summed E-state index contributed by atoms with van der Waals surface area (Å²) in [6, 6.07) is 6.59. The van der Waals surface area contributed by atoms with Gasteiger partial charge in [-0.15, -0.1) is 0 Å². The molecule has 0 bridgehead atoms. The molecule has 17 heavy (non-hydrogen) atoms. The Morgan fingerprint density at radius 1 is 1.24 bits per heavy atom. The van der Waals surface area contributed by atoms with Crippen molar-refractivity contribution in [2.24, 2.45) is 0 Å². The van der Waals surface area contributed by atoms with Crippen LogP contribution in [0, 0.1) is 0 Å². The van der Waals surface area contributed by atoms with Gasteiger partial charge in [0.15, 0.2) is 0 Å². The zero-order valence-electron chi connectivity index (χ0n) is 8.66. The number of phenols is 1. The summed E-state index contributed by atoms with van der Waals surface area (Å²) in [5, 5.41) is 13.1. The third kappa shape index (κ3) is 1.55. The summed E-state index contributed by atoms with van der Waals surface area (Å²) in [5.74, 6) is 0.188. The molecule has 0 aliphatic rings. The number of fused-ring (bicyclic) bond motifs is 1. The highest BCUT2D eigenvalue weighted by molar-refractivity contribution is 5.62. The van der Waals surface area contributed by atoms with E-state index in [-0.39, 0.29) is 17.0 Å². The van der Waals surface area contributed by atoms with Crippen molar-refractivity contribution < 1.29 is 5.11 Å². The lowest BCUT2D eigenvalue weighted by Gasteiger charge is -1.95. The Balaban J connectivity index is 2.21. The van der Waals surface area contributed by atoms with E-state index in [1.807, 2.05) is 0 Å². The molecular weight excluding hydrogens is 220 g/mol. The number of benzene rings is 1. The molecule has 0 fully saturated rings. The van der Waals surface area contributed by atoms with Gasteiger partial charge < -0.3 is 10.1 Å². The Labute approximate surface area is 95.2 Å². The number of nitrogens with zero attached hydrogens (tertiary/aromatic N) is 3. The minimum absolute atomic E-state index is 0.188. The number of aromatic nitrogens is 4. The smallest absolute Gasteiger partial charge is 0.294 e. The van der Waals surface area contributed by atoms with Crippen LogP contribution in [0.25, 0.3) is 16.9 Å². The monoisotopic (exact) mass is 228 g/mol. The van der Waals surface area contributed by atoms with Crippen molar-refractivity contribution >= 4 is 5.65 Å². The molecule has 0 saturated carbocycles. The first-order valence-corrected chi connectivity index (χ1v) is 4.96. The van der Waals surface area contributed by atoms with Gasteiger partial charge >= 0.3 is 0 Å². The van der Waals surface area contributed by atoms with Crippen molar-refractivity contribution in [3.8, 4) is 17.0 Å². The van der Waals surface area contributed by atoms with Gasteiger partial charge in [0.2, 0.25) is 5.65 Å². The van der Waals surface area contributed by atoms with Crippen LogP contribution in [0.3, 0.4) is 0 Å². The average molecular weight is 228 g/mol. The van der Waals surface area contributed by atoms with Crippen molar-refractivity contribution in [3.05, 3.63) is 47.1 Å². The predicted molar refractivity (Wildman–Crippen MR) is 60.7 cm³/mol. The van der Waals surface area contributed by atoms with E-state index in [0.717, 1.165) is 5.56 Å². The van der Waals surface area contributed by atoms with Crippen LogP contribution in [0.2, 0.25) is 0 Å². The summed E-state index contributed by atoms with van der Waals surface area (Å²) in [7, 11) is 0. The molecule has 1 aromatic carbocycles. The van der Waals surface area contributed by atoms with Crippen LogP contribution in [0.5, 0.6) is 5.75 Å². The second-order valence-corrected chi connectivity index (χ2v) is 3.56. The van der Waals surface area contributed by atoms with Gasteiger partial charge in [-0.25, -0.2) is 9.50 Å². The lowest BCUT2D eigenvalue weighted by molar-refractivity contribution is 0.475. The minimum Gasteiger partial charge on any atom is -0.508 e. The second kappa shape index (κ2) is 3.44. The molecule has 84 valence electrons. The number of rotatable bonds is 1. The number of aromatic amines is 1. The Morgan fingerprint density at radius 2 is 2.00 bits per heavy atom. The lowest BCUT2D eigenvalue weighted by atomic mass is 10.2. The third-order valence-corrected chi connectivity index (χ3v) is 2.43. The molecule has 0 amide bonds. The molecule has 6 heteroatoms. The van der Waals surface area contributed by atoms with Crippen LogP contribution in [0.4, 0.5) is 0 Å². The van der Waals surface area contributed by atoms with Crippen LogP contribution >= 0.6 is 0 Å². The fourth-order valence-electron chi connectivity index (χ4n) is 1.60. The van der Waals surface area contributed by atoms with Crippen LogP contribution in [0.1, 0.15) is 0 Å². The van der Waals surface area contributed by atoms with E-state index in [9.17, 15) is 9.90 Å². The average Bonchev–Trinajstić information content (AvgIpc) is 2.75. The van der Waals surface area contributed by atoms with Crippen LogP contribution in [-0.4, -0.2) is 24.7 Å². The van der Waals surface area contributed by atoms with Gasteiger partial charge in [-0.05, 0) is 24.3 Å². The minimum atomic E-state index is -0.287. The first kappa shape index (κ1) is 9.59. The Kier molecular flexibility index (Phi) is 1.94. The number of H-pyrrole nitrogens is 1. The Bertz CT molecular complexity index is 727. The molecule has 3 rings (SSSR count). The summed E-state index contributed by atoms with van der Waals surface area (Å²) >= 11 is 0. The Hall–Kier alpha value is -2.63. The number of aromatic hydroxyl groups is 1. The van der Waals surface area contributed by atoms with Gasteiger partial charge in [-0.3, -0.25) is 4.79 Å². The van der Waals surface area contributed by atoms with E-state index in [0.29, 0.717) is 5.69 Å². The molecular formula is C11H8N4O2. The molecule has 3 aromatic rings. The van der Waals surface area contributed by atoms with Gasteiger partial charge in [-0.2, -0.15) is 5.10 Å². The molecule has 0 atom stereocenters. The van der Waals surface area contributed by atoms with E-state index < -0.39 is 0 Å². The highest BCUT2D eigenvalue weighted by atomic mass is 16.3. The maximum absolute atomic E-state index is 11.5. The van der Waals surface area contributed by atoms with Gasteiger partial charge in [0.1, 0.15) is 12.1 Å². The number of phenolic OH excluding ortho intramolecular Hbond substituents is 1. The molecule has 2 N–H and O–H groups in total. The van der Waals surface area contributed by atoms with Gasteiger partial charge in [0, 0.05) is 5.56 Å². The number of imidazole rings is 1. The lowest BCUT2D eigenvalue weighted by Crippen LogP contribution is -2.10. The fraction of sp³-hybridized carbons (Fsp3) is 0. The van der Waals surface area contributed by atoms with E-state index in [1.54, 1.807) is 30.5 Å². The highest BCUT2D eigenvalue weighted by Gasteiger charge is 2.07. The van der Waals surface area contributed by atoms with E-state index in [1.165, 1.54) is 10.8 Å². The first-order valence-electron chi connectivity index (χ1n) is 4.96. The van der Waals surface area contributed by atoms with Crippen LogP contribution < -0.4 is 5.56 Å². The summed E-state index contributed by atoms with van der Waals surface area (Å²) < 4.78 is 1.42. The summed E-state index contributed by atoms with van der Waals surface area (Å²) in [4.78, 5) is 18.1. The summed E-state index contributed by atoms with van der Waals surface area (Å²) in [5.41, 5.74) is 1.41. The van der Waals surface area contributed by atoms with Gasteiger partial charge in [0.05, 0.1) is 11.9 Å². The number of hydrogen-bond donors (Lipinski definition) is 2. The normalized spacial score (nSPS) is 10.8. The third-order valence-electron chi connectivity index (χ3n) is 2.43. The van der Waals surface area contributed by atoms with Crippen LogP contribution in [0.15, 0.2) is 41.6 Å².